The summed E-state index contributed by atoms with van der Waals surface area (Å²) in [6.07, 6.45) is -6.92. The van der Waals surface area contributed by atoms with E-state index in [1.807, 2.05) is 112 Å². The van der Waals surface area contributed by atoms with Gasteiger partial charge in [0.2, 0.25) is 0 Å². The van der Waals surface area contributed by atoms with E-state index in [0.717, 1.165) is 16.7 Å². The lowest BCUT2D eigenvalue weighted by atomic mass is 9.99. The third kappa shape index (κ3) is 10.3. The summed E-state index contributed by atoms with van der Waals surface area (Å²) in [6.45, 7) is 6.82. The van der Waals surface area contributed by atoms with Crippen molar-refractivity contribution in [2.24, 2.45) is 0 Å². The van der Waals surface area contributed by atoms with Crippen LogP contribution in [0.25, 0.3) is 0 Å². The molecule has 2 N–H and O–H groups in total. The Morgan fingerprint density at radius 1 is 0.549 bits per heavy atom. The number of aliphatic hydroxyl groups is 2. The number of rotatable bonds is 13. The summed E-state index contributed by atoms with van der Waals surface area (Å²) < 4.78 is 50.6. The van der Waals surface area contributed by atoms with E-state index in [-0.39, 0.29) is 10.3 Å². The summed E-state index contributed by atoms with van der Waals surface area (Å²) in [5, 5.41) is 22.1. The molecule has 3 saturated heterocycles. The highest BCUT2D eigenvalue weighted by molar-refractivity contribution is 14.1. The summed E-state index contributed by atoms with van der Waals surface area (Å²) in [6, 6.07) is 29.8. The topological polar surface area (TPSA) is 114 Å². The molecule has 3 aromatic carbocycles. The summed E-state index contributed by atoms with van der Waals surface area (Å²) in [5.74, 6) is 0. The van der Waals surface area contributed by atoms with Crippen LogP contribution in [-0.2, 0) is 57.7 Å². The molecule has 3 aromatic rings. The molecule has 0 spiro atoms. The van der Waals surface area contributed by atoms with Crippen LogP contribution in [0.5, 0.6) is 0 Å². The fraction of sp³-hybridized carbons (Fsp3) is 0.538. The van der Waals surface area contributed by atoms with Crippen LogP contribution in [-0.4, -0.2) is 91.9 Å². The first kappa shape index (κ1) is 39.4. The Labute approximate surface area is 327 Å². The summed E-state index contributed by atoms with van der Waals surface area (Å²) in [4.78, 5) is 0. The van der Waals surface area contributed by atoms with Crippen molar-refractivity contribution >= 4 is 45.2 Å². The van der Waals surface area contributed by atoms with Crippen molar-refractivity contribution < 1.29 is 48.1 Å². The van der Waals surface area contributed by atoms with Crippen molar-refractivity contribution in [3.8, 4) is 0 Å². The number of ether oxygens (including phenoxy) is 8. The van der Waals surface area contributed by atoms with Crippen LogP contribution in [0, 0.1) is 0 Å². The van der Waals surface area contributed by atoms with Crippen molar-refractivity contribution in [3.05, 3.63) is 108 Å². The maximum Gasteiger partial charge on any atom is 0.172 e. The normalized spacial score (nSPS) is 37.2. The molecule has 0 aromatic heterocycles. The predicted molar refractivity (Wildman–Crippen MR) is 206 cm³/mol. The van der Waals surface area contributed by atoms with Gasteiger partial charge in [0.15, 0.2) is 18.9 Å². The highest BCUT2D eigenvalue weighted by Crippen LogP contribution is 2.38. The van der Waals surface area contributed by atoms with E-state index < -0.39 is 77.7 Å². The molecule has 0 amide bonds. The van der Waals surface area contributed by atoms with Gasteiger partial charge < -0.3 is 48.1 Å². The van der Waals surface area contributed by atoms with Gasteiger partial charge in [0.05, 0.1) is 58.2 Å². The molecule has 0 radical (unpaired) electrons. The summed E-state index contributed by atoms with van der Waals surface area (Å²) in [5.41, 5.74) is 3.08. The Hall–Kier alpha value is -1.28. The van der Waals surface area contributed by atoms with Crippen molar-refractivity contribution in [3.63, 3.8) is 0 Å². The lowest BCUT2D eigenvalue weighted by Crippen LogP contribution is -2.62. The van der Waals surface area contributed by atoms with Gasteiger partial charge in [-0.3, -0.25) is 0 Å². The van der Waals surface area contributed by atoms with Gasteiger partial charge in [-0.2, -0.15) is 0 Å². The van der Waals surface area contributed by atoms with E-state index >= 15 is 0 Å². The number of hydrogen-bond donors (Lipinski definition) is 2. The average Bonchev–Trinajstić information content (AvgIpc) is 3.13. The summed E-state index contributed by atoms with van der Waals surface area (Å²) in [7, 11) is 0. The maximum atomic E-state index is 11.5. The van der Waals surface area contributed by atoms with Gasteiger partial charge in [-0.05, 0) is 37.5 Å². The van der Waals surface area contributed by atoms with E-state index in [9.17, 15) is 10.2 Å². The van der Waals surface area contributed by atoms with Crippen molar-refractivity contribution in [1.82, 2.24) is 0 Å². The Morgan fingerprint density at radius 2 is 0.980 bits per heavy atom. The molecule has 0 bridgehead atoms. The SMILES string of the molecule is C[C@@H]1O[C@@H](O[C@@H]2[C@@H](I)[C@H](O[C@@H]3C[C@H](O)O[C@@H](C)[C@@H]3OCc3ccccc3)O[C@@H](C)[C@@H]2OCc2ccccc2)[C@H](I)[C@@H](O)[C@H]1OCc1ccccc1. The number of benzene rings is 3. The molecule has 278 valence electrons. The molecule has 6 rings (SSSR count). The van der Waals surface area contributed by atoms with Crippen LogP contribution < -0.4 is 0 Å². The number of halogens is 2. The van der Waals surface area contributed by atoms with Gasteiger partial charge >= 0.3 is 0 Å². The van der Waals surface area contributed by atoms with Gasteiger partial charge in [-0.1, -0.05) is 136 Å². The molecule has 0 saturated carbocycles. The van der Waals surface area contributed by atoms with Crippen LogP contribution in [0.4, 0.5) is 0 Å². The Balaban J connectivity index is 1.17. The second-order valence-corrected chi connectivity index (χ2v) is 16.3. The van der Waals surface area contributed by atoms with E-state index in [1.165, 1.54) is 0 Å². The summed E-state index contributed by atoms with van der Waals surface area (Å²) >= 11 is 4.51. The molecule has 3 heterocycles. The molecule has 14 atom stereocenters. The van der Waals surface area contributed by atoms with Gasteiger partial charge in [0, 0.05) is 6.42 Å². The fourth-order valence-corrected chi connectivity index (χ4v) is 8.47. The van der Waals surface area contributed by atoms with Crippen LogP contribution in [0.2, 0.25) is 0 Å². The van der Waals surface area contributed by atoms with Crippen LogP contribution >= 0.6 is 45.2 Å². The highest BCUT2D eigenvalue weighted by Gasteiger charge is 2.52. The van der Waals surface area contributed by atoms with Crippen LogP contribution in [0.15, 0.2) is 91.0 Å². The van der Waals surface area contributed by atoms with Crippen molar-refractivity contribution in [1.29, 1.82) is 0 Å². The highest BCUT2D eigenvalue weighted by atomic mass is 127. The molecule has 0 unspecified atom stereocenters. The molecule has 3 fully saturated rings. The minimum atomic E-state index is -1.00. The minimum Gasteiger partial charge on any atom is -0.389 e. The van der Waals surface area contributed by atoms with Crippen LogP contribution in [0.1, 0.15) is 43.9 Å². The molecule has 51 heavy (non-hydrogen) atoms. The standard InChI is InChI=1S/C39H48I2O10/c1-23-34(44-20-26-13-7-4-8-14-26)29(19-30(42)47-23)50-39-32(41)37(36(25(3)49-39)46-22-28-17-11-6-12-18-28)51-38-31(40)33(43)35(24(2)48-38)45-21-27-15-9-5-10-16-27/h4-18,23-25,29-39,42-43H,19-22H2,1-3H3/t23-,24-,25-,29+,30+,31+,32+,33+,34-,35-,36-,37+,38-,39-/m0/s1. The van der Waals surface area contributed by atoms with Gasteiger partial charge in [-0.25, -0.2) is 0 Å². The zero-order valence-electron chi connectivity index (χ0n) is 29.0. The first-order valence-electron chi connectivity index (χ1n) is 17.6. The first-order chi connectivity index (χ1) is 24.7. The van der Waals surface area contributed by atoms with Gasteiger partial charge in [0.1, 0.15) is 24.4 Å². The lowest BCUT2D eigenvalue weighted by molar-refractivity contribution is -0.327. The largest absolute Gasteiger partial charge is 0.389 e. The molecule has 12 heteroatoms. The minimum absolute atomic E-state index is 0.219. The molecule has 3 aliphatic heterocycles. The molecule has 3 aliphatic rings. The smallest absolute Gasteiger partial charge is 0.172 e. The van der Waals surface area contributed by atoms with Gasteiger partial charge in [-0.15, -0.1) is 0 Å². The van der Waals surface area contributed by atoms with Crippen LogP contribution in [0.3, 0.4) is 0 Å². The second kappa shape index (κ2) is 18.8. The average molecular weight is 931 g/mol. The van der Waals surface area contributed by atoms with E-state index in [0.29, 0.717) is 19.8 Å². The van der Waals surface area contributed by atoms with E-state index in [1.54, 1.807) is 0 Å². The Kier molecular flexibility index (Phi) is 14.6. The zero-order valence-corrected chi connectivity index (χ0v) is 33.3. The van der Waals surface area contributed by atoms with E-state index in [4.69, 9.17) is 37.9 Å². The van der Waals surface area contributed by atoms with E-state index in [2.05, 4.69) is 45.2 Å². The zero-order chi connectivity index (χ0) is 35.9. The third-order valence-electron chi connectivity index (χ3n) is 9.53. The molecular weight excluding hydrogens is 882 g/mol. The monoisotopic (exact) mass is 930 g/mol. The molecule has 10 nitrogen and oxygen atoms in total. The lowest BCUT2D eigenvalue weighted by Gasteiger charge is -2.48. The maximum absolute atomic E-state index is 11.5. The Morgan fingerprint density at radius 3 is 1.51 bits per heavy atom. The predicted octanol–water partition coefficient (Wildman–Crippen LogP) is 6.10. The van der Waals surface area contributed by atoms with Crippen molar-refractivity contribution in [2.45, 2.75) is 129 Å². The Bertz CT molecular complexity index is 1460. The number of aliphatic hydroxyl groups excluding tert-OH is 2. The quantitative estimate of drug-likeness (QED) is 0.154. The molecule has 0 aliphatic carbocycles. The fourth-order valence-electron chi connectivity index (χ4n) is 6.80. The third-order valence-corrected chi connectivity index (χ3v) is 12.2. The second-order valence-electron chi connectivity index (χ2n) is 13.4. The molecular formula is C39H48I2O10. The first-order valence-corrected chi connectivity index (χ1v) is 20.0. The number of hydrogen-bond acceptors (Lipinski definition) is 10. The van der Waals surface area contributed by atoms with Crippen molar-refractivity contribution in [2.75, 3.05) is 0 Å². The van der Waals surface area contributed by atoms with Gasteiger partial charge in [0.25, 0.3) is 0 Å². The number of alkyl halides is 2.